The Morgan fingerprint density at radius 1 is 1.00 bits per heavy atom. The van der Waals surface area contributed by atoms with Gasteiger partial charge in [-0.3, -0.25) is 14.5 Å². The fourth-order valence-corrected chi connectivity index (χ4v) is 3.00. The van der Waals surface area contributed by atoms with Gasteiger partial charge in [0.1, 0.15) is 11.4 Å². The van der Waals surface area contributed by atoms with Crippen LogP contribution < -0.4 is 10.1 Å². The van der Waals surface area contributed by atoms with Crippen molar-refractivity contribution in [3.63, 3.8) is 0 Å². The molecule has 1 aliphatic heterocycles. The molecule has 3 rings (SSSR count). The van der Waals surface area contributed by atoms with Crippen molar-refractivity contribution in [3.05, 3.63) is 65.4 Å². The number of ether oxygens (including phenoxy) is 1. The number of nitrogens with zero attached hydrogens (tertiary/aromatic N) is 1. The van der Waals surface area contributed by atoms with Crippen molar-refractivity contribution in [3.8, 4) is 5.75 Å². The zero-order valence-electron chi connectivity index (χ0n) is 15.9. The lowest BCUT2D eigenvalue weighted by Crippen LogP contribution is -2.32. The largest absolute Gasteiger partial charge is 0.494 e. The first kappa shape index (κ1) is 18.7. The van der Waals surface area contributed by atoms with E-state index < -0.39 is 0 Å². The molecular formula is C22H24N2O3. The predicted octanol–water partition coefficient (Wildman–Crippen LogP) is 4.00. The topological polar surface area (TPSA) is 58.6 Å². The third-order valence-corrected chi connectivity index (χ3v) is 4.40. The van der Waals surface area contributed by atoms with E-state index in [0.29, 0.717) is 30.1 Å². The second kappa shape index (κ2) is 8.08. The molecule has 1 N–H and O–H groups in total. The summed E-state index contributed by atoms with van der Waals surface area (Å²) in [6.45, 7) is 6.78. The van der Waals surface area contributed by atoms with E-state index in [9.17, 15) is 9.59 Å². The first-order chi connectivity index (χ1) is 13.0. The van der Waals surface area contributed by atoms with E-state index in [2.05, 4.69) is 5.32 Å². The second-order valence-electron chi connectivity index (χ2n) is 6.47. The molecule has 0 fully saturated rings. The Hall–Kier alpha value is -3.08. The Morgan fingerprint density at radius 3 is 2.41 bits per heavy atom. The molecule has 0 saturated carbocycles. The summed E-state index contributed by atoms with van der Waals surface area (Å²) >= 11 is 0. The van der Waals surface area contributed by atoms with Crippen LogP contribution in [0.2, 0.25) is 0 Å². The molecule has 0 saturated heterocycles. The van der Waals surface area contributed by atoms with Crippen LogP contribution in [-0.2, 0) is 9.59 Å². The van der Waals surface area contributed by atoms with Crippen LogP contribution in [0.5, 0.6) is 5.75 Å². The van der Waals surface area contributed by atoms with Crippen LogP contribution in [0, 0.1) is 6.92 Å². The number of nitrogens with one attached hydrogen (secondary N) is 1. The van der Waals surface area contributed by atoms with Crippen molar-refractivity contribution in [1.82, 2.24) is 4.90 Å². The molecular weight excluding hydrogens is 340 g/mol. The van der Waals surface area contributed by atoms with Gasteiger partial charge in [-0.25, -0.2) is 0 Å². The highest BCUT2D eigenvalue weighted by molar-refractivity contribution is 6.36. The number of amides is 2. The molecule has 5 nitrogen and oxygen atoms in total. The molecule has 0 bridgehead atoms. The summed E-state index contributed by atoms with van der Waals surface area (Å²) in [7, 11) is 0. The van der Waals surface area contributed by atoms with Crippen molar-refractivity contribution in [2.24, 2.45) is 0 Å². The highest BCUT2D eigenvalue weighted by atomic mass is 16.5. The van der Waals surface area contributed by atoms with Crippen molar-refractivity contribution < 1.29 is 14.3 Å². The Morgan fingerprint density at radius 2 is 1.74 bits per heavy atom. The van der Waals surface area contributed by atoms with Crippen LogP contribution in [-0.4, -0.2) is 29.9 Å². The number of rotatable bonds is 7. The summed E-state index contributed by atoms with van der Waals surface area (Å²) in [6.07, 6.45) is 0.916. The molecule has 0 radical (unpaired) electrons. The third-order valence-electron chi connectivity index (χ3n) is 4.40. The lowest BCUT2D eigenvalue weighted by molar-refractivity contribution is -0.136. The number of hydrogen-bond acceptors (Lipinski definition) is 4. The average molecular weight is 364 g/mol. The Balaban J connectivity index is 1.99. The lowest BCUT2D eigenvalue weighted by atomic mass is 10.0. The highest BCUT2D eigenvalue weighted by Crippen LogP contribution is 2.31. The summed E-state index contributed by atoms with van der Waals surface area (Å²) in [5.74, 6) is 0.147. The normalized spacial score (nSPS) is 14.1. The minimum absolute atomic E-state index is 0.271. The maximum absolute atomic E-state index is 12.8. The maximum Gasteiger partial charge on any atom is 0.278 e. The van der Waals surface area contributed by atoms with Crippen LogP contribution in [0.4, 0.5) is 5.69 Å². The first-order valence-electron chi connectivity index (χ1n) is 9.22. The lowest BCUT2D eigenvalue weighted by Gasteiger charge is -2.12. The smallest absolute Gasteiger partial charge is 0.278 e. The molecule has 0 unspecified atom stereocenters. The maximum atomic E-state index is 12.8. The molecule has 0 spiro atoms. The monoisotopic (exact) mass is 364 g/mol. The average Bonchev–Trinajstić information content (AvgIpc) is 2.90. The Labute approximate surface area is 159 Å². The van der Waals surface area contributed by atoms with Gasteiger partial charge in [0.25, 0.3) is 11.8 Å². The fourth-order valence-electron chi connectivity index (χ4n) is 3.00. The van der Waals surface area contributed by atoms with Gasteiger partial charge >= 0.3 is 0 Å². The van der Waals surface area contributed by atoms with Gasteiger partial charge in [-0.2, -0.15) is 0 Å². The molecule has 5 heteroatoms. The van der Waals surface area contributed by atoms with E-state index >= 15 is 0 Å². The zero-order valence-corrected chi connectivity index (χ0v) is 15.9. The molecule has 2 aromatic carbocycles. The molecule has 2 amide bonds. The number of likely N-dealkylation sites (N-methyl/N-ethyl adjacent to an activating group) is 1. The predicted molar refractivity (Wildman–Crippen MR) is 106 cm³/mol. The van der Waals surface area contributed by atoms with Gasteiger partial charge in [0.2, 0.25) is 0 Å². The Bertz CT molecular complexity index is 885. The number of aryl methyl sites for hydroxylation is 1. The molecule has 1 heterocycles. The minimum Gasteiger partial charge on any atom is -0.494 e. The van der Waals surface area contributed by atoms with Crippen LogP contribution in [0.1, 0.15) is 31.4 Å². The summed E-state index contributed by atoms with van der Waals surface area (Å²) in [5.41, 5.74) is 3.25. The zero-order chi connectivity index (χ0) is 19.4. The summed E-state index contributed by atoms with van der Waals surface area (Å²) in [6, 6.07) is 15.0. The van der Waals surface area contributed by atoms with Gasteiger partial charge in [0, 0.05) is 18.3 Å². The summed E-state index contributed by atoms with van der Waals surface area (Å²) in [5, 5.41) is 3.15. The van der Waals surface area contributed by atoms with Crippen molar-refractivity contribution in [1.29, 1.82) is 0 Å². The number of imide groups is 1. The fraction of sp³-hybridized carbons (Fsp3) is 0.273. The standard InChI is InChI=1S/C22H24N2O3/c1-4-13-27-18-8-6-7-17(14-18)23-20-19(16-11-9-15(3)10-12-16)21(25)24(5-2)22(20)26/h6-12,14,23H,4-5,13H2,1-3H3. The number of benzene rings is 2. The second-order valence-corrected chi connectivity index (χ2v) is 6.47. The van der Waals surface area contributed by atoms with Gasteiger partial charge in [0.15, 0.2) is 0 Å². The van der Waals surface area contributed by atoms with Crippen LogP contribution in [0.3, 0.4) is 0 Å². The van der Waals surface area contributed by atoms with E-state index in [4.69, 9.17) is 4.74 Å². The third kappa shape index (κ3) is 3.87. The van der Waals surface area contributed by atoms with Gasteiger partial charge in [-0.05, 0) is 38.0 Å². The van der Waals surface area contributed by atoms with Crippen LogP contribution in [0.15, 0.2) is 54.2 Å². The molecule has 27 heavy (non-hydrogen) atoms. The van der Waals surface area contributed by atoms with Crippen LogP contribution in [0.25, 0.3) is 5.57 Å². The van der Waals surface area contributed by atoms with Gasteiger partial charge in [-0.15, -0.1) is 0 Å². The SMILES string of the molecule is CCCOc1cccc(NC2=C(c3ccc(C)cc3)C(=O)N(CC)C2=O)c1. The highest BCUT2D eigenvalue weighted by Gasteiger charge is 2.38. The molecule has 0 aliphatic carbocycles. The molecule has 1 aliphatic rings. The molecule has 0 atom stereocenters. The van der Waals surface area contributed by atoms with Gasteiger partial charge < -0.3 is 10.1 Å². The number of carbonyl (C=O) groups excluding carboxylic acids is 2. The van der Waals surface area contributed by atoms with Crippen molar-refractivity contribution in [2.75, 3.05) is 18.5 Å². The van der Waals surface area contributed by atoms with Crippen molar-refractivity contribution >= 4 is 23.1 Å². The summed E-state index contributed by atoms with van der Waals surface area (Å²) < 4.78 is 5.66. The van der Waals surface area contributed by atoms with Crippen molar-refractivity contribution in [2.45, 2.75) is 27.2 Å². The van der Waals surface area contributed by atoms with Gasteiger partial charge in [-0.1, -0.05) is 42.8 Å². The van der Waals surface area contributed by atoms with E-state index in [1.165, 1.54) is 4.90 Å². The number of hydrogen-bond donors (Lipinski definition) is 1. The first-order valence-corrected chi connectivity index (χ1v) is 9.22. The van der Waals surface area contributed by atoms with Crippen LogP contribution >= 0.6 is 0 Å². The summed E-state index contributed by atoms with van der Waals surface area (Å²) in [4.78, 5) is 26.9. The molecule has 2 aromatic rings. The number of anilines is 1. The number of carbonyl (C=O) groups is 2. The van der Waals surface area contributed by atoms with E-state index in [1.54, 1.807) is 6.92 Å². The molecule has 0 aromatic heterocycles. The quantitative estimate of drug-likeness (QED) is 0.755. The van der Waals surface area contributed by atoms with E-state index in [0.717, 1.165) is 23.3 Å². The molecule has 140 valence electrons. The van der Waals surface area contributed by atoms with Gasteiger partial charge in [0.05, 0.1) is 12.2 Å². The van der Waals surface area contributed by atoms with E-state index in [-0.39, 0.29) is 11.8 Å². The van der Waals surface area contributed by atoms with E-state index in [1.807, 2.05) is 62.4 Å². The Kier molecular flexibility index (Phi) is 5.60. The minimum atomic E-state index is -0.307.